The molecule has 0 saturated heterocycles. The van der Waals surface area contributed by atoms with Crippen LogP contribution in [-0.4, -0.2) is 33.5 Å². The zero-order chi connectivity index (χ0) is 14.7. The van der Waals surface area contributed by atoms with Crippen molar-refractivity contribution in [3.63, 3.8) is 0 Å². The fourth-order valence-electron chi connectivity index (χ4n) is 3.25. The van der Waals surface area contributed by atoms with Crippen LogP contribution in [0.15, 0.2) is 12.2 Å². The van der Waals surface area contributed by atoms with Crippen LogP contribution in [0.5, 0.6) is 0 Å². The summed E-state index contributed by atoms with van der Waals surface area (Å²) in [4.78, 5) is 0. The lowest BCUT2D eigenvalue weighted by Crippen LogP contribution is -2.38. The average molecular weight is 292 g/mol. The molecule has 1 fully saturated rings. The Morgan fingerprint density at radius 1 is 1.33 bits per heavy atom. The lowest BCUT2D eigenvalue weighted by atomic mass is 9.84. The number of aromatic amines is 1. The molecule has 1 saturated carbocycles. The standard InChI is InChI=1S/C15H24N4O2/c1-15(2)9-6-10-20-14(15)21-12(13-16-18-19-17-13)11-7-4-3-5-8-11/h6,9,11-12,14H,3-5,7-8,10H2,1-2H3,(H,16,17,18,19). The summed E-state index contributed by atoms with van der Waals surface area (Å²) < 4.78 is 12.1. The molecule has 2 heterocycles. The monoisotopic (exact) mass is 292 g/mol. The van der Waals surface area contributed by atoms with E-state index < -0.39 is 0 Å². The van der Waals surface area contributed by atoms with E-state index >= 15 is 0 Å². The van der Waals surface area contributed by atoms with Crippen LogP contribution in [0, 0.1) is 11.3 Å². The van der Waals surface area contributed by atoms with Gasteiger partial charge in [0.1, 0.15) is 6.10 Å². The normalized spacial score (nSPS) is 27.6. The molecule has 0 radical (unpaired) electrons. The van der Waals surface area contributed by atoms with E-state index in [1.165, 1.54) is 19.3 Å². The Balaban J connectivity index is 1.77. The highest BCUT2D eigenvalue weighted by Crippen LogP contribution is 2.39. The quantitative estimate of drug-likeness (QED) is 0.864. The minimum absolute atomic E-state index is 0.139. The molecule has 21 heavy (non-hydrogen) atoms. The molecule has 0 amide bonds. The Morgan fingerprint density at radius 2 is 2.14 bits per heavy atom. The van der Waals surface area contributed by atoms with Crippen molar-refractivity contribution in [3.05, 3.63) is 18.0 Å². The summed E-state index contributed by atoms with van der Waals surface area (Å²) >= 11 is 0. The van der Waals surface area contributed by atoms with Crippen molar-refractivity contribution < 1.29 is 9.47 Å². The van der Waals surface area contributed by atoms with E-state index in [1.807, 2.05) is 6.08 Å². The van der Waals surface area contributed by atoms with Gasteiger partial charge in [-0.15, -0.1) is 10.2 Å². The number of nitrogens with zero attached hydrogens (tertiary/aromatic N) is 3. The van der Waals surface area contributed by atoms with Crippen molar-refractivity contribution in [1.82, 2.24) is 20.6 Å². The van der Waals surface area contributed by atoms with Crippen LogP contribution in [0.1, 0.15) is 57.9 Å². The summed E-state index contributed by atoms with van der Waals surface area (Å²) in [7, 11) is 0. The summed E-state index contributed by atoms with van der Waals surface area (Å²) in [5.41, 5.74) is -0.144. The molecule has 2 atom stereocenters. The summed E-state index contributed by atoms with van der Waals surface area (Å²) in [6, 6.07) is 0. The van der Waals surface area contributed by atoms with Crippen molar-refractivity contribution in [2.45, 2.75) is 58.3 Å². The van der Waals surface area contributed by atoms with Crippen LogP contribution in [0.3, 0.4) is 0 Å². The molecular weight excluding hydrogens is 268 g/mol. The van der Waals surface area contributed by atoms with Crippen LogP contribution in [0.25, 0.3) is 0 Å². The summed E-state index contributed by atoms with van der Waals surface area (Å²) in [5, 5.41) is 14.6. The van der Waals surface area contributed by atoms with E-state index in [0.29, 0.717) is 18.3 Å². The Hall–Kier alpha value is -1.27. The van der Waals surface area contributed by atoms with Gasteiger partial charge in [-0.05, 0) is 18.8 Å². The van der Waals surface area contributed by atoms with Gasteiger partial charge in [-0.3, -0.25) is 0 Å². The second kappa shape index (κ2) is 6.23. The van der Waals surface area contributed by atoms with Crippen LogP contribution in [0.2, 0.25) is 0 Å². The Kier molecular flexibility index (Phi) is 4.35. The molecule has 1 aliphatic heterocycles. The Bertz CT molecular complexity index is 466. The summed E-state index contributed by atoms with van der Waals surface area (Å²) in [6.45, 7) is 4.85. The molecule has 0 spiro atoms. The summed E-state index contributed by atoms with van der Waals surface area (Å²) in [5.74, 6) is 1.09. The molecule has 1 aliphatic carbocycles. The second-order valence-corrected chi connectivity index (χ2v) is 6.61. The molecular formula is C15H24N4O2. The number of tetrazole rings is 1. The SMILES string of the molecule is CC1(C)C=CCOC1OC(c1nn[nH]n1)C1CCCCC1. The van der Waals surface area contributed by atoms with E-state index in [-0.39, 0.29) is 17.8 Å². The van der Waals surface area contributed by atoms with E-state index in [2.05, 4.69) is 40.5 Å². The third-order valence-corrected chi connectivity index (χ3v) is 4.46. The first kappa shape index (κ1) is 14.7. The van der Waals surface area contributed by atoms with E-state index in [4.69, 9.17) is 9.47 Å². The number of nitrogens with one attached hydrogen (secondary N) is 1. The lowest BCUT2D eigenvalue weighted by Gasteiger charge is -2.38. The largest absolute Gasteiger partial charge is 0.348 e. The highest BCUT2D eigenvalue weighted by Gasteiger charge is 2.37. The zero-order valence-electron chi connectivity index (χ0n) is 12.8. The fourth-order valence-corrected chi connectivity index (χ4v) is 3.25. The number of hydrogen-bond donors (Lipinski definition) is 1. The van der Waals surface area contributed by atoms with Gasteiger partial charge in [0.15, 0.2) is 6.29 Å². The van der Waals surface area contributed by atoms with Gasteiger partial charge < -0.3 is 9.47 Å². The molecule has 2 aliphatic rings. The third-order valence-electron chi connectivity index (χ3n) is 4.46. The molecule has 0 aromatic carbocycles. The minimum atomic E-state index is -0.270. The van der Waals surface area contributed by atoms with Gasteiger partial charge in [0, 0.05) is 5.41 Å². The molecule has 1 aromatic heterocycles. The number of aromatic nitrogens is 4. The van der Waals surface area contributed by atoms with Crippen LogP contribution in [-0.2, 0) is 9.47 Å². The van der Waals surface area contributed by atoms with Crippen LogP contribution in [0.4, 0.5) is 0 Å². The van der Waals surface area contributed by atoms with Gasteiger partial charge in [-0.2, -0.15) is 5.21 Å². The predicted molar refractivity (Wildman–Crippen MR) is 77.2 cm³/mol. The van der Waals surface area contributed by atoms with Crippen molar-refractivity contribution in [1.29, 1.82) is 0 Å². The van der Waals surface area contributed by atoms with Gasteiger partial charge in [0.05, 0.1) is 6.61 Å². The molecule has 6 nitrogen and oxygen atoms in total. The highest BCUT2D eigenvalue weighted by molar-refractivity contribution is 5.01. The van der Waals surface area contributed by atoms with Crippen molar-refractivity contribution in [3.8, 4) is 0 Å². The molecule has 6 heteroatoms. The molecule has 1 aromatic rings. The lowest BCUT2D eigenvalue weighted by molar-refractivity contribution is -0.225. The molecule has 0 bridgehead atoms. The number of hydrogen-bond acceptors (Lipinski definition) is 5. The Labute approximate surface area is 125 Å². The van der Waals surface area contributed by atoms with Crippen molar-refractivity contribution in [2.75, 3.05) is 6.61 Å². The molecule has 2 unspecified atom stereocenters. The second-order valence-electron chi connectivity index (χ2n) is 6.61. The van der Waals surface area contributed by atoms with Crippen molar-refractivity contribution >= 4 is 0 Å². The maximum absolute atomic E-state index is 6.33. The van der Waals surface area contributed by atoms with Gasteiger partial charge in [-0.1, -0.05) is 50.5 Å². The van der Waals surface area contributed by atoms with Gasteiger partial charge >= 0.3 is 0 Å². The minimum Gasteiger partial charge on any atom is -0.348 e. The fraction of sp³-hybridized carbons (Fsp3) is 0.800. The number of H-pyrrole nitrogens is 1. The molecule has 1 N–H and O–H groups in total. The maximum Gasteiger partial charge on any atom is 0.203 e. The van der Waals surface area contributed by atoms with Crippen LogP contribution < -0.4 is 0 Å². The van der Waals surface area contributed by atoms with Crippen LogP contribution >= 0.6 is 0 Å². The van der Waals surface area contributed by atoms with E-state index in [1.54, 1.807) is 0 Å². The molecule has 3 rings (SSSR count). The van der Waals surface area contributed by atoms with E-state index in [9.17, 15) is 0 Å². The van der Waals surface area contributed by atoms with Gasteiger partial charge in [0.2, 0.25) is 5.82 Å². The number of ether oxygens (including phenoxy) is 2. The first-order valence-corrected chi connectivity index (χ1v) is 7.85. The Morgan fingerprint density at radius 3 is 2.81 bits per heavy atom. The highest BCUT2D eigenvalue weighted by atomic mass is 16.7. The first-order valence-electron chi connectivity index (χ1n) is 7.85. The third kappa shape index (κ3) is 3.32. The van der Waals surface area contributed by atoms with E-state index in [0.717, 1.165) is 12.8 Å². The topological polar surface area (TPSA) is 72.9 Å². The smallest absolute Gasteiger partial charge is 0.203 e. The summed E-state index contributed by atoms with van der Waals surface area (Å²) in [6.07, 6.45) is 9.91. The first-order chi connectivity index (χ1) is 10.2. The average Bonchev–Trinajstić information content (AvgIpc) is 3.01. The molecule has 116 valence electrons. The van der Waals surface area contributed by atoms with Crippen molar-refractivity contribution in [2.24, 2.45) is 11.3 Å². The predicted octanol–water partition coefficient (Wildman–Crippen LogP) is 2.78. The number of rotatable bonds is 4. The van der Waals surface area contributed by atoms with Gasteiger partial charge in [-0.25, -0.2) is 0 Å². The maximum atomic E-state index is 6.33. The van der Waals surface area contributed by atoms with Gasteiger partial charge in [0.25, 0.3) is 0 Å². The zero-order valence-corrected chi connectivity index (χ0v) is 12.8.